The van der Waals surface area contributed by atoms with E-state index in [1.54, 1.807) is 0 Å². The van der Waals surface area contributed by atoms with Crippen LogP contribution in [0.1, 0.15) is 0 Å². The quantitative estimate of drug-likeness (QED) is 0.229. The lowest BCUT2D eigenvalue weighted by molar-refractivity contribution is 0.623. The zero-order chi connectivity index (χ0) is 26.9. The van der Waals surface area contributed by atoms with Gasteiger partial charge in [0.25, 0.3) is 0 Å². The van der Waals surface area contributed by atoms with Crippen LogP contribution >= 0.6 is 0 Å². The Hall–Kier alpha value is -5.75. The summed E-state index contributed by atoms with van der Waals surface area (Å²) in [5.41, 5.74) is 4.44. The second-order valence-corrected chi connectivity index (χ2v) is 10.2. The molecule has 192 valence electrons. The summed E-state index contributed by atoms with van der Waals surface area (Å²) in [6.45, 7) is 0. The van der Waals surface area contributed by atoms with Gasteiger partial charge in [-0.2, -0.15) is 5.10 Å². The van der Waals surface area contributed by atoms with Crippen molar-refractivity contribution in [3.8, 4) is 28.6 Å². The van der Waals surface area contributed by atoms with Crippen molar-refractivity contribution in [2.24, 2.45) is 0 Å². The van der Waals surface area contributed by atoms with E-state index in [0.717, 1.165) is 54.6 Å². The highest BCUT2D eigenvalue weighted by molar-refractivity contribution is 6.09. The Balaban J connectivity index is 1.30. The Morgan fingerprint density at radius 2 is 1.05 bits per heavy atom. The second kappa shape index (κ2) is 8.37. The number of nitrogens with zero attached hydrogens (tertiary/aromatic N) is 4. The molecule has 0 aliphatic carbocycles. The van der Waals surface area contributed by atoms with Crippen LogP contribution in [0.5, 0.6) is 0 Å². The number of para-hydroxylation sites is 1. The standard InChI is InChI=1S/C35H20N4O2/c1-2-10-23(11-3-1)39-20-28-33(31-18-26-24-12-6-4-8-21(24)14-16-29(26)40-31)36-37-35(34(28)38-39)32-19-27-25-13-7-5-9-22(25)15-17-30(27)41-32/h1-20H. The lowest BCUT2D eigenvalue weighted by Crippen LogP contribution is -1.94. The molecule has 0 aliphatic heterocycles. The molecule has 4 aromatic heterocycles. The number of hydrogen-bond acceptors (Lipinski definition) is 5. The van der Waals surface area contributed by atoms with Crippen molar-refractivity contribution >= 4 is 54.4 Å². The molecule has 5 aromatic carbocycles. The molecule has 0 spiro atoms. The van der Waals surface area contributed by atoms with Crippen molar-refractivity contribution in [1.29, 1.82) is 0 Å². The molecular formula is C35H20N4O2. The number of benzene rings is 5. The number of fused-ring (bicyclic) bond motifs is 7. The van der Waals surface area contributed by atoms with Crippen LogP contribution in [0.25, 0.3) is 83.0 Å². The van der Waals surface area contributed by atoms with Gasteiger partial charge in [-0.25, -0.2) is 4.68 Å². The zero-order valence-corrected chi connectivity index (χ0v) is 21.7. The summed E-state index contributed by atoms with van der Waals surface area (Å²) in [7, 11) is 0. The maximum Gasteiger partial charge on any atom is 0.158 e. The van der Waals surface area contributed by atoms with E-state index < -0.39 is 0 Å². The monoisotopic (exact) mass is 528 g/mol. The average molecular weight is 529 g/mol. The molecular weight excluding hydrogens is 508 g/mol. The normalized spacial score (nSPS) is 11.9. The van der Waals surface area contributed by atoms with Gasteiger partial charge in [0.1, 0.15) is 22.4 Å². The van der Waals surface area contributed by atoms with Crippen molar-refractivity contribution in [3.63, 3.8) is 0 Å². The fourth-order valence-corrected chi connectivity index (χ4v) is 5.80. The topological polar surface area (TPSA) is 69.9 Å². The van der Waals surface area contributed by atoms with Gasteiger partial charge >= 0.3 is 0 Å². The second-order valence-electron chi connectivity index (χ2n) is 10.2. The molecule has 0 atom stereocenters. The van der Waals surface area contributed by atoms with Gasteiger partial charge in [-0.1, -0.05) is 78.9 Å². The Labute approximate surface area is 233 Å². The van der Waals surface area contributed by atoms with E-state index in [9.17, 15) is 0 Å². The molecule has 0 saturated carbocycles. The third-order valence-corrected chi connectivity index (χ3v) is 7.78. The van der Waals surface area contributed by atoms with E-state index in [4.69, 9.17) is 19.0 Å². The van der Waals surface area contributed by atoms with Gasteiger partial charge in [0, 0.05) is 17.0 Å². The van der Waals surface area contributed by atoms with Crippen LogP contribution in [-0.4, -0.2) is 20.0 Å². The molecule has 6 heteroatoms. The smallest absolute Gasteiger partial charge is 0.158 e. The largest absolute Gasteiger partial charge is 0.454 e. The van der Waals surface area contributed by atoms with Crippen LogP contribution in [0, 0.1) is 0 Å². The van der Waals surface area contributed by atoms with Gasteiger partial charge in [0.05, 0.1) is 11.1 Å². The van der Waals surface area contributed by atoms with Crippen molar-refractivity contribution in [3.05, 3.63) is 121 Å². The van der Waals surface area contributed by atoms with Crippen molar-refractivity contribution in [2.75, 3.05) is 0 Å². The van der Waals surface area contributed by atoms with E-state index in [2.05, 4.69) is 41.5 Å². The lowest BCUT2D eigenvalue weighted by Gasteiger charge is -2.00. The first-order chi connectivity index (χ1) is 20.3. The summed E-state index contributed by atoms with van der Waals surface area (Å²) in [6, 6.07) is 38.9. The van der Waals surface area contributed by atoms with Crippen molar-refractivity contribution in [2.45, 2.75) is 0 Å². The highest BCUT2D eigenvalue weighted by atomic mass is 16.3. The lowest BCUT2D eigenvalue weighted by atomic mass is 10.1. The van der Waals surface area contributed by atoms with E-state index in [-0.39, 0.29) is 0 Å². The van der Waals surface area contributed by atoms with E-state index in [0.29, 0.717) is 28.4 Å². The van der Waals surface area contributed by atoms with Gasteiger partial charge in [-0.15, -0.1) is 10.2 Å². The third-order valence-electron chi connectivity index (χ3n) is 7.78. The van der Waals surface area contributed by atoms with Crippen LogP contribution in [0.2, 0.25) is 0 Å². The molecule has 4 heterocycles. The average Bonchev–Trinajstić information content (AvgIpc) is 3.78. The summed E-state index contributed by atoms with van der Waals surface area (Å²) in [5, 5.41) is 21.9. The summed E-state index contributed by atoms with van der Waals surface area (Å²) < 4.78 is 14.6. The molecule has 0 radical (unpaired) electrons. The molecule has 0 N–H and O–H groups in total. The summed E-state index contributed by atoms with van der Waals surface area (Å²) in [6.07, 6.45) is 1.99. The Morgan fingerprint density at radius 1 is 0.488 bits per heavy atom. The molecule has 0 bridgehead atoms. The molecule has 9 aromatic rings. The SMILES string of the molecule is c1ccc(-n2cc3c(-c4cc5c(ccc6ccccc65)o4)nnc(-c4cc5c(ccc6ccccc65)o4)c3n2)cc1. The first-order valence-electron chi connectivity index (χ1n) is 13.4. The maximum atomic E-state index is 6.36. The van der Waals surface area contributed by atoms with Crippen LogP contribution in [-0.2, 0) is 0 Å². The minimum atomic E-state index is 0.584. The first kappa shape index (κ1) is 22.1. The zero-order valence-electron chi connectivity index (χ0n) is 21.7. The van der Waals surface area contributed by atoms with Gasteiger partial charge < -0.3 is 8.83 Å². The molecule has 0 aliphatic rings. The van der Waals surface area contributed by atoms with Crippen molar-refractivity contribution in [1.82, 2.24) is 20.0 Å². The molecule has 0 amide bonds. The van der Waals surface area contributed by atoms with E-state index in [1.165, 1.54) is 0 Å². The van der Waals surface area contributed by atoms with Gasteiger partial charge in [-0.05, 0) is 57.9 Å². The molecule has 41 heavy (non-hydrogen) atoms. The van der Waals surface area contributed by atoms with Gasteiger partial charge in [-0.3, -0.25) is 0 Å². The maximum absolute atomic E-state index is 6.36. The predicted molar refractivity (Wildman–Crippen MR) is 162 cm³/mol. The summed E-state index contributed by atoms with van der Waals surface area (Å²) >= 11 is 0. The number of aromatic nitrogens is 4. The first-order valence-corrected chi connectivity index (χ1v) is 13.4. The number of rotatable bonds is 3. The Kier molecular flexibility index (Phi) is 4.51. The highest BCUT2D eigenvalue weighted by Crippen LogP contribution is 2.39. The molecule has 0 saturated heterocycles. The van der Waals surface area contributed by atoms with Crippen LogP contribution in [0.4, 0.5) is 0 Å². The van der Waals surface area contributed by atoms with E-state index >= 15 is 0 Å². The predicted octanol–water partition coefficient (Wildman–Crippen LogP) is 8.95. The molecule has 6 nitrogen and oxygen atoms in total. The summed E-state index contributed by atoms with van der Waals surface area (Å²) in [4.78, 5) is 0. The summed E-state index contributed by atoms with van der Waals surface area (Å²) in [5.74, 6) is 1.26. The molecule has 9 rings (SSSR count). The van der Waals surface area contributed by atoms with Crippen LogP contribution in [0.3, 0.4) is 0 Å². The van der Waals surface area contributed by atoms with E-state index in [1.807, 2.05) is 89.7 Å². The Bertz CT molecular complexity index is 2280. The fourth-order valence-electron chi connectivity index (χ4n) is 5.80. The van der Waals surface area contributed by atoms with Crippen LogP contribution < -0.4 is 0 Å². The van der Waals surface area contributed by atoms with Crippen molar-refractivity contribution < 1.29 is 8.83 Å². The number of furan rings is 2. The minimum Gasteiger partial charge on any atom is -0.454 e. The Morgan fingerprint density at radius 3 is 1.71 bits per heavy atom. The number of hydrogen-bond donors (Lipinski definition) is 0. The third kappa shape index (κ3) is 3.34. The molecule has 0 unspecified atom stereocenters. The fraction of sp³-hybridized carbons (Fsp3) is 0. The van der Waals surface area contributed by atoms with Crippen LogP contribution in [0.15, 0.2) is 130 Å². The molecule has 0 fully saturated rings. The van der Waals surface area contributed by atoms with Gasteiger partial charge in [0.15, 0.2) is 17.2 Å². The van der Waals surface area contributed by atoms with Gasteiger partial charge in [0.2, 0.25) is 0 Å². The highest BCUT2D eigenvalue weighted by Gasteiger charge is 2.22. The minimum absolute atomic E-state index is 0.584.